The van der Waals surface area contributed by atoms with Crippen molar-refractivity contribution in [3.63, 3.8) is 0 Å². The van der Waals surface area contributed by atoms with Gasteiger partial charge in [0.05, 0.1) is 30.6 Å². The molecule has 0 amide bonds. The minimum atomic E-state index is -0.210. The van der Waals surface area contributed by atoms with Crippen molar-refractivity contribution in [2.75, 3.05) is 20.7 Å². The summed E-state index contributed by atoms with van der Waals surface area (Å²) in [5.74, 6) is 0.183. The standard InChI is InChI=1S/C30H33N5O2/c1-4-18-17-35(2)27-14-23-21-10-6-8-12-25(21)33-29(23)26(13-22(18)28(27)30(36)37-3)34-32-16-19-15-31-24-11-7-5-9-20(19)24/h5-12,15-16,18,22,27-28,31,33H,4,13-14,17H2,1-3H3/b32-16-,34-26+/t18-,22-,27+,28-/m1/s1. The fourth-order valence-corrected chi connectivity index (χ4v) is 6.61. The highest BCUT2D eigenvalue weighted by Crippen LogP contribution is 2.43. The minimum Gasteiger partial charge on any atom is -0.469 e. The largest absolute Gasteiger partial charge is 0.469 e. The summed E-state index contributed by atoms with van der Waals surface area (Å²) in [5, 5.41) is 11.7. The van der Waals surface area contributed by atoms with Crippen molar-refractivity contribution in [3.8, 4) is 0 Å². The number of hydrogen-bond donors (Lipinski definition) is 2. The van der Waals surface area contributed by atoms with E-state index in [-0.39, 0.29) is 23.8 Å². The molecule has 0 radical (unpaired) electrons. The SMILES string of the molecule is CC[C@@H]1CN(C)[C@H]2Cc3c([nH]c4ccccc34)/C(=N/N=C\c3c[nH]c4ccccc34)C[C@H]1[C@H]2C(=O)OC. The lowest BCUT2D eigenvalue weighted by Crippen LogP contribution is -2.56. The lowest BCUT2D eigenvalue weighted by molar-refractivity contribution is -0.154. The van der Waals surface area contributed by atoms with Crippen LogP contribution in [0.4, 0.5) is 0 Å². The third-order valence-electron chi connectivity index (χ3n) is 8.51. The van der Waals surface area contributed by atoms with E-state index in [1.165, 1.54) is 18.1 Å². The molecule has 6 rings (SSSR count). The summed E-state index contributed by atoms with van der Waals surface area (Å²) in [6, 6.07) is 16.6. The molecule has 7 nitrogen and oxygen atoms in total. The van der Waals surface area contributed by atoms with Crippen LogP contribution < -0.4 is 0 Å². The van der Waals surface area contributed by atoms with Crippen LogP contribution in [0.25, 0.3) is 21.8 Å². The molecule has 37 heavy (non-hydrogen) atoms. The van der Waals surface area contributed by atoms with Gasteiger partial charge in [-0.1, -0.05) is 49.7 Å². The molecule has 2 bridgehead atoms. The Bertz CT molecular complexity index is 1510. The zero-order valence-electron chi connectivity index (χ0n) is 21.6. The molecule has 0 spiro atoms. The Morgan fingerprint density at radius 2 is 1.86 bits per heavy atom. The van der Waals surface area contributed by atoms with Crippen molar-refractivity contribution in [1.82, 2.24) is 14.9 Å². The second kappa shape index (κ2) is 9.63. The number of para-hydroxylation sites is 2. The highest BCUT2D eigenvalue weighted by Gasteiger charge is 2.48. The van der Waals surface area contributed by atoms with Crippen molar-refractivity contribution in [3.05, 3.63) is 71.5 Å². The fourth-order valence-electron chi connectivity index (χ4n) is 6.61. The molecular weight excluding hydrogens is 462 g/mol. The third kappa shape index (κ3) is 4.07. The van der Waals surface area contributed by atoms with E-state index in [1.807, 2.05) is 30.6 Å². The van der Waals surface area contributed by atoms with Crippen LogP contribution in [0.2, 0.25) is 0 Å². The summed E-state index contributed by atoms with van der Waals surface area (Å²) < 4.78 is 5.38. The van der Waals surface area contributed by atoms with Crippen molar-refractivity contribution >= 4 is 39.7 Å². The van der Waals surface area contributed by atoms with Crippen LogP contribution in [-0.2, 0) is 16.0 Å². The Hall–Kier alpha value is -3.71. The summed E-state index contributed by atoms with van der Waals surface area (Å²) in [7, 11) is 3.66. The molecule has 1 aliphatic carbocycles. The predicted molar refractivity (Wildman–Crippen MR) is 148 cm³/mol. The topological polar surface area (TPSA) is 85.8 Å². The number of fused-ring (bicyclic) bond motifs is 6. The first-order chi connectivity index (χ1) is 18.1. The van der Waals surface area contributed by atoms with Crippen molar-refractivity contribution in [1.29, 1.82) is 0 Å². The molecule has 2 aromatic heterocycles. The predicted octanol–water partition coefficient (Wildman–Crippen LogP) is 5.16. The normalized spacial score (nSPS) is 25.4. The molecule has 1 saturated heterocycles. The maximum atomic E-state index is 13.2. The summed E-state index contributed by atoms with van der Waals surface area (Å²) in [6.45, 7) is 3.18. The van der Waals surface area contributed by atoms with E-state index >= 15 is 0 Å². The van der Waals surface area contributed by atoms with Gasteiger partial charge >= 0.3 is 5.97 Å². The van der Waals surface area contributed by atoms with Crippen LogP contribution in [-0.4, -0.2) is 59.5 Å². The van der Waals surface area contributed by atoms with Crippen LogP contribution >= 0.6 is 0 Å². The van der Waals surface area contributed by atoms with E-state index in [9.17, 15) is 4.79 Å². The number of carbonyl (C=O) groups is 1. The Balaban J connectivity index is 1.49. The minimum absolute atomic E-state index is 0.0782. The zero-order chi connectivity index (χ0) is 25.5. The number of carbonyl (C=O) groups excluding carboxylic acids is 1. The number of nitrogens with one attached hydrogen (secondary N) is 2. The highest BCUT2D eigenvalue weighted by atomic mass is 16.5. The summed E-state index contributed by atoms with van der Waals surface area (Å²) in [4.78, 5) is 22.6. The number of nitrogens with zero attached hydrogens (tertiary/aromatic N) is 3. The summed E-state index contributed by atoms with van der Waals surface area (Å²) in [5.41, 5.74) is 6.31. The maximum Gasteiger partial charge on any atom is 0.310 e. The third-order valence-corrected chi connectivity index (χ3v) is 8.51. The van der Waals surface area contributed by atoms with Gasteiger partial charge in [-0.15, -0.1) is 0 Å². The number of methoxy groups -OCH3 is 1. The number of likely N-dealkylation sites (N-methyl/N-ethyl adjacent to an activating group) is 1. The van der Waals surface area contributed by atoms with Gasteiger partial charge in [0.15, 0.2) is 0 Å². The van der Waals surface area contributed by atoms with E-state index in [0.29, 0.717) is 12.3 Å². The molecule has 0 saturated carbocycles. The van der Waals surface area contributed by atoms with Crippen LogP contribution in [0.5, 0.6) is 0 Å². The first-order valence-corrected chi connectivity index (χ1v) is 13.1. The van der Waals surface area contributed by atoms with Gasteiger partial charge in [0.2, 0.25) is 0 Å². The highest BCUT2D eigenvalue weighted by molar-refractivity contribution is 6.06. The number of aromatic amines is 2. The van der Waals surface area contributed by atoms with Crippen LogP contribution in [0, 0.1) is 17.8 Å². The van der Waals surface area contributed by atoms with Gasteiger partial charge in [0.25, 0.3) is 0 Å². The molecule has 4 aromatic rings. The van der Waals surface area contributed by atoms with Gasteiger partial charge < -0.3 is 19.6 Å². The molecule has 1 aliphatic heterocycles. The summed E-state index contributed by atoms with van der Waals surface area (Å²) >= 11 is 0. The van der Waals surface area contributed by atoms with Crippen molar-refractivity contribution in [2.24, 2.45) is 28.0 Å². The number of aromatic nitrogens is 2. The molecular formula is C30H33N5O2. The number of H-pyrrole nitrogens is 2. The van der Waals surface area contributed by atoms with Gasteiger partial charge in [0, 0.05) is 46.2 Å². The number of esters is 1. The fraction of sp³-hybridized carbons (Fsp3) is 0.367. The first kappa shape index (κ1) is 23.7. The van der Waals surface area contributed by atoms with Gasteiger partial charge in [-0.05, 0) is 49.4 Å². The van der Waals surface area contributed by atoms with E-state index in [1.54, 1.807) is 0 Å². The van der Waals surface area contributed by atoms with E-state index in [4.69, 9.17) is 9.84 Å². The Labute approximate surface area is 216 Å². The van der Waals surface area contributed by atoms with Crippen molar-refractivity contribution < 1.29 is 9.53 Å². The lowest BCUT2D eigenvalue weighted by Gasteiger charge is -2.48. The molecule has 7 heteroatoms. The molecule has 1 fully saturated rings. The molecule has 0 unspecified atom stereocenters. The Morgan fingerprint density at radius 1 is 1.11 bits per heavy atom. The first-order valence-electron chi connectivity index (χ1n) is 13.1. The van der Waals surface area contributed by atoms with Crippen LogP contribution in [0.15, 0.2) is 64.9 Å². The molecule has 2 N–H and O–H groups in total. The average molecular weight is 496 g/mol. The van der Waals surface area contributed by atoms with Crippen LogP contribution in [0.3, 0.4) is 0 Å². The maximum absolute atomic E-state index is 13.2. The second-order valence-corrected chi connectivity index (χ2v) is 10.4. The lowest BCUT2D eigenvalue weighted by atomic mass is 9.67. The molecule has 2 aliphatic rings. The molecule has 3 heterocycles. The van der Waals surface area contributed by atoms with Gasteiger partial charge in [0.1, 0.15) is 0 Å². The number of hydrogen-bond acceptors (Lipinski definition) is 5. The summed E-state index contributed by atoms with van der Waals surface area (Å²) in [6.07, 6.45) is 6.21. The monoisotopic (exact) mass is 495 g/mol. The zero-order valence-corrected chi connectivity index (χ0v) is 21.6. The molecule has 2 aromatic carbocycles. The smallest absolute Gasteiger partial charge is 0.310 e. The quantitative estimate of drug-likeness (QED) is 0.233. The van der Waals surface area contributed by atoms with Gasteiger partial charge in [-0.2, -0.15) is 10.2 Å². The van der Waals surface area contributed by atoms with Gasteiger partial charge in [-0.3, -0.25) is 4.79 Å². The van der Waals surface area contributed by atoms with Crippen LogP contribution in [0.1, 0.15) is 36.6 Å². The number of benzene rings is 2. The number of piperidine rings is 1. The van der Waals surface area contributed by atoms with E-state index < -0.39 is 0 Å². The van der Waals surface area contributed by atoms with Gasteiger partial charge in [-0.25, -0.2) is 0 Å². The molecule has 190 valence electrons. The average Bonchev–Trinajstić information content (AvgIpc) is 3.49. The van der Waals surface area contributed by atoms with E-state index in [0.717, 1.165) is 52.8 Å². The Morgan fingerprint density at radius 3 is 2.65 bits per heavy atom. The van der Waals surface area contributed by atoms with E-state index in [2.05, 4.69) is 64.3 Å². The Kier molecular flexibility index (Phi) is 6.16. The second-order valence-electron chi connectivity index (χ2n) is 10.4. The number of rotatable bonds is 4. The number of likely N-dealkylation sites (tertiary alicyclic amines) is 1. The number of ether oxygens (including phenoxy) is 1. The van der Waals surface area contributed by atoms with Crippen molar-refractivity contribution in [2.45, 2.75) is 32.2 Å². The molecule has 4 atom stereocenters.